The fourth-order valence-electron chi connectivity index (χ4n) is 1.76. The van der Waals surface area contributed by atoms with Gasteiger partial charge in [-0.25, -0.2) is 0 Å². The molecule has 0 unspecified atom stereocenters. The molecule has 0 spiro atoms. The molecule has 0 aromatic carbocycles. The Kier molecular flexibility index (Phi) is 9.39. The average Bonchev–Trinajstić information content (AvgIpc) is 2.34. The number of rotatable bonds is 10. The highest BCUT2D eigenvalue weighted by atomic mass is 28.4. The molecule has 1 N–H and O–H groups in total. The third-order valence-corrected chi connectivity index (χ3v) is 8.88. The second kappa shape index (κ2) is 9.56. The van der Waals surface area contributed by atoms with Crippen LogP contribution in [0.15, 0.2) is 0 Å². The molecule has 0 aliphatic carbocycles. The van der Waals surface area contributed by atoms with E-state index in [1.165, 1.54) is 25.7 Å². The van der Waals surface area contributed by atoms with Gasteiger partial charge in [-0.2, -0.15) is 0 Å². The third-order valence-electron chi connectivity index (χ3n) is 4.35. The van der Waals surface area contributed by atoms with Crippen LogP contribution in [0.2, 0.25) is 18.1 Å². The number of hydrogen-bond donors (Lipinski definition) is 1. The third kappa shape index (κ3) is 8.75. The molecular formula is C16H35NO2Si. The van der Waals surface area contributed by atoms with Gasteiger partial charge in [-0.15, -0.1) is 0 Å². The van der Waals surface area contributed by atoms with Crippen molar-refractivity contribution in [2.24, 2.45) is 0 Å². The summed E-state index contributed by atoms with van der Waals surface area (Å²) in [5.41, 5.74) is 0. The number of carbonyl (C=O) groups is 1. The zero-order valence-corrected chi connectivity index (χ0v) is 15.5. The summed E-state index contributed by atoms with van der Waals surface area (Å²) < 4.78 is 6.15. The van der Waals surface area contributed by atoms with Crippen LogP contribution in [0.25, 0.3) is 0 Å². The smallest absolute Gasteiger partial charge is 0.219 e. The first-order chi connectivity index (χ1) is 9.20. The fraction of sp³-hybridized carbons (Fsp3) is 0.938. The lowest BCUT2D eigenvalue weighted by molar-refractivity contribution is -0.120. The minimum atomic E-state index is -1.55. The van der Waals surface area contributed by atoms with Gasteiger partial charge in [0.25, 0.3) is 0 Å². The van der Waals surface area contributed by atoms with Crippen molar-refractivity contribution in [1.29, 1.82) is 0 Å². The molecule has 0 aromatic heterocycles. The molecular weight excluding hydrogens is 266 g/mol. The highest BCUT2D eigenvalue weighted by Crippen LogP contribution is 2.36. The Bertz CT molecular complexity index is 272. The van der Waals surface area contributed by atoms with Crippen LogP contribution in [0, 0.1) is 0 Å². The summed E-state index contributed by atoms with van der Waals surface area (Å²) in [6, 6.07) is 0. The van der Waals surface area contributed by atoms with Crippen molar-refractivity contribution >= 4 is 14.2 Å². The maximum Gasteiger partial charge on any atom is 0.219 e. The maximum absolute atomic E-state index is 11.0. The standard InChI is InChI=1S/C16H35NO2Si/c1-16(2,3)20(5,6)19-14-12-10-8-7-9-11-13-15(18)17-4/h7-14H2,1-6H3,(H,17,18). The van der Waals surface area contributed by atoms with Gasteiger partial charge in [-0.1, -0.05) is 46.5 Å². The summed E-state index contributed by atoms with van der Waals surface area (Å²) >= 11 is 0. The van der Waals surface area contributed by atoms with Crippen molar-refractivity contribution in [2.75, 3.05) is 13.7 Å². The van der Waals surface area contributed by atoms with Gasteiger partial charge in [0, 0.05) is 20.1 Å². The van der Waals surface area contributed by atoms with E-state index < -0.39 is 8.32 Å². The molecule has 0 bridgehead atoms. The van der Waals surface area contributed by atoms with E-state index in [2.05, 4.69) is 39.2 Å². The number of carbonyl (C=O) groups excluding carboxylic acids is 1. The van der Waals surface area contributed by atoms with Crippen molar-refractivity contribution in [3.8, 4) is 0 Å². The Hall–Kier alpha value is -0.353. The van der Waals surface area contributed by atoms with E-state index in [1.54, 1.807) is 7.05 Å². The van der Waals surface area contributed by atoms with E-state index in [9.17, 15) is 4.79 Å². The van der Waals surface area contributed by atoms with Crippen LogP contribution in [-0.2, 0) is 9.22 Å². The van der Waals surface area contributed by atoms with Crippen LogP contribution in [0.4, 0.5) is 0 Å². The van der Waals surface area contributed by atoms with Gasteiger partial charge in [-0.3, -0.25) is 4.79 Å². The van der Waals surface area contributed by atoms with Crippen LogP contribution in [-0.4, -0.2) is 27.9 Å². The quantitative estimate of drug-likeness (QED) is 0.477. The number of hydrogen-bond acceptors (Lipinski definition) is 2. The topological polar surface area (TPSA) is 38.3 Å². The molecule has 0 aliphatic rings. The van der Waals surface area contributed by atoms with E-state index in [-0.39, 0.29) is 5.91 Å². The number of unbranched alkanes of at least 4 members (excludes halogenated alkanes) is 5. The summed E-state index contributed by atoms with van der Waals surface area (Å²) in [5, 5.41) is 2.97. The van der Waals surface area contributed by atoms with E-state index in [0.717, 1.165) is 19.4 Å². The monoisotopic (exact) mass is 301 g/mol. The normalized spacial score (nSPS) is 12.5. The minimum Gasteiger partial charge on any atom is -0.417 e. The molecule has 120 valence electrons. The Morgan fingerprint density at radius 2 is 1.50 bits per heavy atom. The fourth-order valence-corrected chi connectivity index (χ4v) is 2.85. The summed E-state index contributed by atoms with van der Waals surface area (Å²) in [6.07, 6.45) is 7.75. The zero-order valence-electron chi connectivity index (χ0n) is 14.5. The van der Waals surface area contributed by atoms with Crippen LogP contribution >= 0.6 is 0 Å². The Morgan fingerprint density at radius 3 is 2.00 bits per heavy atom. The first-order valence-corrected chi connectivity index (χ1v) is 11.0. The highest BCUT2D eigenvalue weighted by Gasteiger charge is 2.36. The summed E-state index contributed by atoms with van der Waals surface area (Å²) in [7, 11) is 0.152. The lowest BCUT2D eigenvalue weighted by Crippen LogP contribution is -2.40. The number of nitrogens with one attached hydrogen (secondary N) is 1. The van der Waals surface area contributed by atoms with Crippen LogP contribution in [0.5, 0.6) is 0 Å². The molecule has 4 heteroatoms. The lowest BCUT2D eigenvalue weighted by atomic mass is 10.1. The minimum absolute atomic E-state index is 0.160. The van der Waals surface area contributed by atoms with Crippen molar-refractivity contribution in [1.82, 2.24) is 5.32 Å². The van der Waals surface area contributed by atoms with E-state index >= 15 is 0 Å². The van der Waals surface area contributed by atoms with Gasteiger partial charge >= 0.3 is 0 Å². The zero-order chi connectivity index (χ0) is 15.6. The molecule has 20 heavy (non-hydrogen) atoms. The van der Waals surface area contributed by atoms with E-state index in [1.807, 2.05) is 0 Å². The predicted octanol–water partition coefficient (Wildman–Crippen LogP) is 4.48. The lowest BCUT2D eigenvalue weighted by Gasteiger charge is -2.36. The molecule has 0 aromatic rings. The maximum atomic E-state index is 11.0. The molecule has 0 atom stereocenters. The molecule has 1 amide bonds. The Labute approximate surface area is 127 Å². The summed E-state index contributed by atoms with van der Waals surface area (Å²) in [5.74, 6) is 0.160. The van der Waals surface area contributed by atoms with Crippen LogP contribution < -0.4 is 5.32 Å². The first kappa shape index (κ1) is 19.6. The second-order valence-electron chi connectivity index (χ2n) is 7.15. The summed E-state index contributed by atoms with van der Waals surface area (Å²) in [6.45, 7) is 12.4. The first-order valence-electron chi connectivity index (χ1n) is 8.05. The molecule has 0 fully saturated rings. The Morgan fingerprint density at radius 1 is 1.00 bits per heavy atom. The summed E-state index contributed by atoms with van der Waals surface area (Å²) in [4.78, 5) is 11.0. The average molecular weight is 302 g/mol. The predicted molar refractivity (Wildman–Crippen MR) is 89.5 cm³/mol. The molecule has 0 rings (SSSR count). The Balaban J connectivity index is 3.44. The van der Waals surface area contributed by atoms with Crippen molar-refractivity contribution in [3.05, 3.63) is 0 Å². The second-order valence-corrected chi connectivity index (χ2v) is 12.0. The van der Waals surface area contributed by atoms with Crippen LogP contribution in [0.1, 0.15) is 65.7 Å². The molecule has 3 nitrogen and oxygen atoms in total. The van der Waals surface area contributed by atoms with E-state index in [4.69, 9.17) is 4.43 Å². The van der Waals surface area contributed by atoms with Crippen molar-refractivity contribution in [3.63, 3.8) is 0 Å². The largest absolute Gasteiger partial charge is 0.417 e. The van der Waals surface area contributed by atoms with Crippen molar-refractivity contribution < 1.29 is 9.22 Å². The van der Waals surface area contributed by atoms with Gasteiger partial charge in [0.05, 0.1) is 0 Å². The SMILES string of the molecule is CNC(=O)CCCCCCCCO[Si](C)(C)C(C)(C)C. The molecule has 0 saturated carbocycles. The van der Waals surface area contributed by atoms with Gasteiger partial charge in [-0.05, 0) is 31.0 Å². The molecule has 0 radical (unpaired) electrons. The highest BCUT2D eigenvalue weighted by molar-refractivity contribution is 6.74. The molecule has 0 aliphatic heterocycles. The molecule has 0 heterocycles. The van der Waals surface area contributed by atoms with Gasteiger partial charge in [0.1, 0.15) is 0 Å². The van der Waals surface area contributed by atoms with Gasteiger partial charge < -0.3 is 9.74 Å². The van der Waals surface area contributed by atoms with Gasteiger partial charge in [0.2, 0.25) is 5.91 Å². The van der Waals surface area contributed by atoms with Crippen LogP contribution in [0.3, 0.4) is 0 Å². The van der Waals surface area contributed by atoms with E-state index in [0.29, 0.717) is 11.5 Å². The number of amides is 1. The van der Waals surface area contributed by atoms with Gasteiger partial charge in [0.15, 0.2) is 8.32 Å². The molecule has 0 saturated heterocycles. The van der Waals surface area contributed by atoms with Crippen molar-refractivity contribution in [2.45, 2.75) is 83.8 Å².